The van der Waals surface area contributed by atoms with Crippen LogP contribution in [0.2, 0.25) is 0 Å². The van der Waals surface area contributed by atoms with Gasteiger partial charge in [-0.25, -0.2) is 4.98 Å². The van der Waals surface area contributed by atoms with Crippen molar-refractivity contribution in [2.24, 2.45) is 0 Å². The summed E-state index contributed by atoms with van der Waals surface area (Å²) in [5.41, 5.74) is 2.31. The van der Waals surface area contributed by atoms with E-state index in [-0.39, 0.29) is 11.7 Å². The van der Waals surface area contributed by atoms with Crippen molar-refractivity contribution in [3.8, 4) is 11.5 Å². The highest BCUT2D eigenvalue weighted by Crippen LogP contribution is 2.44. The van der Waals surface area contributed by atoms with Crippen LogP contribution in [0.4, 0.5) is 0 Å². The summed E-state index contributed by atoms with van der Waals surface area (Å²) in [5, 5.41) is 0.801. The number of ether oxygens (including phenoxy) is 2. The number of ketones is 1. The molecule has 7 heteroatoms. The van der Waals surface area contributed by atoms with Gasteiger partial charge >= 0.3 is 0 Å². The zero-order valence-electron chi connectivity index (χ0n) is 19.9. The Kier molecular flexibility index (Phi) is 7.63. The maximum absolute atomic E-state index is 13.6. The van der Waals surface area contributed by atoms with Gasteiger partial charge in [0.1, 0.15) is 22.2 Å². The number of thiazole rings is 1. The molecule has 2 aromatic carbocycles. The number of hydrogen-bond donors (Lipinski definition) is 0. The van der Waals surface area contributed by atoms with Crippen molar-refractivity contribution < 1.29 is 19.1 Å². The van der Waals surface area contributed by atoms with E-state index in [0.717, 1.165) is 35.6 Å². The molecule has 0 saturated heterocycles. The van der Waals surface area contributed by atoms with Crippen molar-refractivity contribution in [2.75, 3.05) is 20.8 Å². The van der Waals surface area contributed by atoms with Crippen molar-refractivity contribution in [1.29, 1.82) is 0 Å². The summed E-state index contributed by atoms with van der Waals surface area (Å²) in [6, 6.07) is 15.5. The Morgan fingerprint density at radius 3 is 2.32 bits per heavy atom. The van der Waals surface area contributed by atoms with Crippen molar-refractivity contribution in [2.45, 2.75) is 45.1 Å². The van der Waals surface area contributed by atoms with Gasteiger partial charge in [-0.3, -0.25) is 9.59 Å². The average Bonchev–Trinajstić information content (AvgIpc) is 3.62. The van der Waals surface area contributed by atoms with E-state index >= 15 is 0 Å². The minimum Gasteiger partial charge on any atom is -0.497 e. The smallest absolute Gasteiger partial charge is 0.254 e. The second-order valence-electron chi connectivity index (χ2n) is 8.57. The lowest BCUT2D eigenvalue weighted by Crippen LogP contribution is -2.32. The molecule has 0 atom stereocenters. The lowest BCUT2D eigenvalue weighted by molar-refractivity contribution is 0.0740. The number of nitrogens with zero attached hydrogens (tertiary/aromatic N) is 2. The third-order valence-electron chi connectivity index (χ3n) is 5.93. The number of hydrogen-bond acceptors (Lipinski definition) is 6. The van der Waals surface area contributed by atoms with Crippen LogP contribution < -0.4 is 9.47 Å². The minimum atomic E-state index is -0.113. The fraction of sp³-hybridized carbons (Fsp3) is 0.370. The first-order valence-electron chi connectivity index (χ1n) is 11.5. The van der Waals surface area contributed by atoms with Gasteiger partial charge in [0.25, 0.3) is 5.91 Å². The van der Waals surface area contributed by atoms with Crippen LogP contribution >= 0.6 is 11.3 Å². The predicted octanol–water partition coefficient (Wildman–Crippen LogP) is 5.52. The molecule has 3 aromatic rings. The maximum Gasteiger partial charge on any atom is 0.254 e. The number of carbonyl (C=O) groups excluding carboxylic acids is 2. The zero-order chi connectivity index (χ0) is 24.1. The molecule has 34 heavy (non-hydrogen) atoms. The standard InChI is InChI=1S/C27H30N2O4S/c1-18(30)25-26(20-11-12-20)34-24(28-25)17-29(13-7-10-19-8-5-4-6-9-19)27(31)21-14-22(32-2)16-23(15-21)33-3/h4-6,8-9,14-16,20H,7,10-13,17H2,1-3H3. The molecule has 0 unspecified atom stereocenters. The molecule has 0 radical (unpaired) electrons. The van der Waals surface area contributed by atoms with E-state index in [9.17, 15) is 9.59 Å². The summed E-state index contributed by atoms with van der Waals surface area (Å²) in [5.74, 6) is 1.45. The topological polar surface area (TPSA) is 68.7 Å². The summed E-state index contributed by atoms with van der Waals surface area (Å²) in [7, 11) is 3.14. The number of carbonyl (C=O) groups is 2. The van der Waals surface area contributed by atoms with E-state index in [2.05, 4.69) is 17.1 Å². The number of aryl methyl sites for hydroxylation is 1. The molecule has 6 nitrogen and oxygen atoms in total. The first-order valence-corrected chi connectivity index (χ1v) is 12.4. The highest BCUT2D eigenvalue weighted by molar-refractivity contribution is 7.12. The van der Waals surface area contributed by atoms with Gasteiger partial charge in [-0.2, -0.15) is 0 Å². The van der Waals surface area contributed by atoms with E-state index in [0.29, 0.717) is 41.8 Å². The van der Waals surface area contributed by atoms with Crippen LogP contribution in [-0.4, -0.2) is 42.3 Å². The highest BCUT2D eigenvalue weighted by atomic mass is 32.1. The van der Waals surface area contributed by atoms with Crippen LogP contribution in [0.3, 0.4) is 0 Å². The third kappa shape index (κ3) is 5.83. The zero-order valence-corrected chi connectivity index (χ0v) is 20.7. The Morgan fingerprint density at radius 1 is 1.06 bits per heavy atom. The molecule has 1 aliphatic carbocycles. The van der Waals surface area contributed by atoms with E-state index in [1.54, 1.807) is 50.7 Å². The van der Waals surface area contributed by atoms with Crippen molar-refractivity contribution in [3.05, 3.63) is 75.2 Å². The van der Waals surface area contributed by atoms with E-state index in [4.69, 9.17) is 9.47 Å². The van der Waals surface area contributed by atoms with Crippen LogP contribution in [-0.2, 0) is 13.0 Å². The minimum absolute atomic E-state index is 0.0103. The second-order valence-corrected chi connectivity index (χ2v) is 9.68. The fourth-order valence-electron chi connectivity index (χ4n) is 3.97. The normalized spacial score (nSPS) is 12.9. The molecular weight excluding hydrogens is 448 g/mol. The molecule has 1 heterocycles. The Bertz CT molecular complexity index is 1130. The monoisotopic (exact) mass is 478 g/mol. The number of aromatic nitrogens is 1. The molecule has 4 rings (SSSR count). The average molecular weight is 479 g/mol. The lowest BCUT2D eigenvalue weighted by Gasteiger charge is -2.22. The molecule has 0 N–H and O–H groups in total. The van der Waals surface area contributed by atoms with Gasteiger partial charge in [0.15, 0.2) is 5.78 Å². The molecule has 1 aromatic heterocycles. The quantitative estimate of drug-likeness (QED) is 0.340. The predicted molar refractivity (Wildman–Crippen MR) is 133 cm³/mol. The summed E-state index contributed by atoms with van der Waals surface area (Å²) in [6.07, 6.45) is 3.89. The molecule has 1 saturated carbocycles. The van der Waals surface area contributed by atoms with Gasteiger partial charge in [0, 0.05) is 30.0 Å². The first kappa shape index (κ1) is 24.0. The number of benzene rings is 2. The Morgan fingerprint density at radius 2 is 1.74 bits per heavy atom. The summed E-state index contributed by atoms with van der Waals surface area (Å²) in [6.45, 7) is 2.50. The summed E-state index contributed by atoms with van der Waals surface area (Å²) in [4.78, 5) is 33.3. The fourth-order valence-corrected chi connectivity index (χ4v) is 5.27. The first-order chi connectivity index (χ1) is 16.5. The Hall–Kier alpha value is -3.19. The van der Waals surface area contributed by atoms with Gasteiger partial charge < -0.3 is 14.4 Å². The number of methoxy groups -OCH3 is 2. The molecule has 0 aliphatic heterocycles. The molecule has 1 fully saturated rings. The Labute approximate surface area is 204 Å². The van der Waals surface area contributed by atoms with Gasteiger partial charge in [-0.1, -0.05) is 30.3 Å². The Balaban J connectivity index is 1.58. The molecule has 0 bridgehead atoms. The van der Waals surface area contributed by atoms with Crippen LogP contribution in [0.5, 0.6) is 11.5 Å². The van der Waals surface area contributed by atoms with E-state index < -0.39 is 0 Å². The van der Waals surface area contributed by atoms with Gasteiger partial charge in [0.2, 0.25) is 0 Å². The van der Waals surface area contributed by atoms with Gasteiger partial charge in [-0.05, 0) is 49.3 Å². The molecule has 0 spiro atoms. The summed E-state index contributed by atoms with van der Waals surface area (Å²) >= 11 is 1.57. The lowest BCUT2D eigenvalue weighted by atomic mass is 10.1. The second kappa shape index (κ2) is 10.8. The number of Topliss-reactive ketones (excluding diaryl/α,β-unsaturated/α-hetero) is 1. The van der Waals surface area contributed by atoms with E-state index in [1.807, 2.05) is 23.1 Å². The van der Waals surface area contributed by atoms with Gasteiger partial charge in [0.05, 0.1) is 20.8 Å². The summed E-state index contributed by atoms with van der Waals surface area (Å²) < 4.78 is 10.7. The van der Waals surface area contributed by atoms with Crippen LogP contribution in [0.1, 0.15) is 68.4 Å². The van der Waals surface area contributed by atoms with Crippen LogP contribution in [0, 0.1) is 0 Å². The highest BCUT2D eigenvalue weighted by Gasteiger charge is 2.31. The SMILES string of the molecule is COc1cc(OC)cc(C(=O)N(CCCc2ccccc2)Cc2nc(C(C)=O)c(C3CC3)s2)c1. The molecule has 1 aliphatic rings. The van der Waals surface area contributed by atoms with Crippen molar-refractivity contribution in [1.82, 2.24) is 9.88 Å². The number of amides is 1. The van der Waals surface area contributed by atoms with Crippen LogP contribution in [0.15, 0.2) is 48.5 Å². The van der Waals surface area contributed by atoms with Crippen molar-refractivity contribution >= 4 is 23.0 Å². The number of rotatable bonds is 11. The molecule has 178 valence electrons. The maximum atomic E-state index is 13.6. The molecular formula is C27H30N2O4S. The van der Waals surface area contributed by atoms with Gasteiger partial charge in [-0.15, -0.1) is 11.3 Å². The largest absolute Gasteiger partial charge is 0.497 e. The van der Waals surface area contributed by atoms with Crippen molar-refractivity contribution in [3.63, 3.8) is 0 Å². The third-order valence-corrected chi connectivity index (χ3v) is 7.13. The molecule has 1 amide bonds. The van der Waals surface area contributed by atoms with E-state index in [1.165, 1.54) is 5.56 Å². The van der Waals surface area contributed by atoms with Crippen LogP contribution in [0.25, 0.3) is 0 Å².